The number of likely N-dealkylation sites (N-methyl/N-ethyl adjacent to an activating group) is 2. The number of carboxylic acid groups (broad SMARTS) is 1. The lowest BCUT2D eigenvalue weighted by atomic mass is 10.1. The number of carbonyl (C=O) groups is 5. The normalized spacial score (nSPS) is 22.7. The zero-order valence-corrected chi connectivity index (χ0v) is 24.9. The van der Waals surface area contributed by atoms with Crippen molar-refractivity contribution in [3.8, 4) is 0 Å². The lowest BCUT2D eigenvalue weighted by molar-refractivity contribution is -0.144. The minimum Gasteiger partial charge on any atom is -0.483 e. The highest BCUT2D eigenvalue weighted by Crippen LogP contribution is 2.10. The van der Waals surface area contributed by atoms with Gasteiger partial charge in [-0.2, -0.15) is 0 Å². The Hall–Kier alpha value is -3.71. The number of hydrogen-bond donors (Lipinski definition) is 5. The summed E-state index contributed by atoms with van der Waals surface area (Å²) in [6.45, 7) is -6.34. The zero-order chi connectivity index (χ0) is 37.3. The molecule has 0 saturated carbocycles. The third-order valence-corrected chi connectivity index (χ3v) is 6.25. The van der Waals surface area contributed by atoms with E-state index in [2.05, 4.69) is 10.6 Å². The number of esters is 2. The summed E-state index contributed by atoms with van der Waals surface area (Å²) in [4.78, 5) is 56.5. The van der Waals surface area contributed by atoms with Gasteiger partial charge in [0.15, 0.2) is 11.9 Å². The van der Waals surface area contributed by atoms with Crippen LogP contribution < -0.4 is 10.6 Å². The maximum atomic E-state index is 11.8. The van der Waals surface area contributed by atoms with Crippen LogP contribution >= 0.6 is 0 Å². The number of cyclic esters (lactones) is 2. The summed E-state index contributed by atoms with van der Waals surface area (Å²) in [5.74, 6) is -3.45. The maximum Gasteiger partial charge on any atom is 0.325 e. The Labute approximate surface area is 263 Å². The highest BCUT2D eigenvalue weighted by Gasteiger charge is 2.15. The summed E-state index contributed by atoms with van der Waals surface area (Å²) in [7, 11) is 0. The van der Waals surface area contributed by atoms with Crippen LogP contribution in [-0.4, -0.2) is 97.3 Å². The van der Waals surface area contributed by atoms with Gasteiger partial charge in [0, 0.05) is 35.0 Å². The van der Waals surface area contributed by atoms with E-state index in [4.69, 9.17) is 38.4 Å². The van der Waals surface area contributed by atoms with Crippen LogP contribution in [0.4, 0.5) is 0 Å². The minimum absolute atomic E-state index is 0.238. The van der Waals surface area contributed by atoms with Gasteiger partial charge < -0.3 is 24.4 Å². The van der Waals surface area contributed by atoms with Crippen LogP contribution in [0, 0.1) is 10.8 Å². The highest BCUT2D eigenvalue weighted by molar-refractivity contribution is 5.97. The molecule has 0 aliphatic carbocycles. The molecule has 14 nitrogen and oxygen atoms in total. The molecule has 2 aliphatic rings. The summed E-state index contributed by atoms with van der Waals surface area (Å²) in [5, 5.41) is 26.9. The summed E-state index contributed by atoms with van der Waals surface area (Å²) in [6, 6.07) is 0. The third-order valence-electron chi connectivity index (χ3n) is 6.25. The lowest BCUT2D eigenvalue weighted by Crippen LogP contribution is -2.43. The van der Waals surface area contributed by atoms with Crippen LogP contribution in [0.5, 0.6) is 0 Å². The molecule has 0 aromatic carbocycles. The van der Waals surface area contributed by atoms with Crippen molar-refractivity contribution in [1.29, 1.82) is 10.8 Å². The van der Waals surface area contributed by atoms with Crippen molar-refractivity contribution in [2.75, 3.05) is 40.3 Å². The van der Waals surface area contributed by atoms with Crippen molar-refractivity contribution in [3.05, 3.63) is 0 Å². The van der Waals surface area contributed by atoms with Crippen LogP contribution in [0.15, 0.2) is 0 Å². The molecule has 2 heterocycles. The number of hydrogen-bond acceptors (Lipinski definition) is 9. The average molecular weight is 619 g/mol. The number of amides is 2. The number of ether oxygens (including phenoxy) is 2. The second-order valence-electron chi connectivity index (χ2n) is 9.96. The summed E-state index contributed by atoms with van der Waals surface area (Å²) >= 11 is 0. The first kappa shape index (κ1) is 29.4. The number of nitrogens with one attached hydrogen (secondary N) is 4. The van der Waals surface area contributed by atoms with Gasteiger partial charge in [-0.05, 0) is 25.7 Å². The molecule has 0 atom stereocenters. The molecule has 2 saturated heterocycles. The summed E-state index contributed by atoms with van der Waals surface area (Å²) in [5.41, 5.74) is 0. The van der Waals surface area contributed by atoms with E-state index in [1.54, 1.807) is 0 Å². The number of rotatable bonds is 0. The van der Waals surface area contributed by atoms with Gasteiger partial charge in [-0.1, -0.05) is 64.2 Å². The van der Waals surface area contributed by atoms with Crippen molar-refractivity contribution in [2.24, 2.45) is 0 Å². The first-order valence-electron chi connectivity index (χ1n) is 17.7. The highest BCUT2D eigenvalue weighted by atomic mass is 16.5. The molecule has 2 rings (SSSR count). The van der Waals surface area contributed by atoms with Gasteiger partial charge in [0.25, 0.3) is 6.47 Å². The van der Waals surface area contributed by atoms with E-state index in [-0.39, 0.29) is 32.5 Å². The van der Waals surface area contributed by atoms with E-state index < -0.39 is 62.7 Å². The van der Waals surface area contributed by atoms with E-state index in [1.807, 2.05) is 0 Å². The van der Waals surface area contributed by atoms with Crippen molar-refractivity contribution in [2.45, 2.75) is 103 Å². The van der Waals surface area contributed by atoms with Gasteiger partial charge in [0.2, 0.25) is 11.8 Å². The van der Waals surface area contributed by atoms with Gasteiger partial charge in [-0.25, -0.2) is 0 Å². The van der Waals surface area contributed by atoms with E-state index in [0.717, 1.165) is 77.0 Å². The van der Waals surface area contributed by atoms with Gasteiger partial charge >= 0.3 is 11.9 Å². The van der Waals surface area contributed by atoms with Gasteiger partial charge in [-0.3, -0.25) is 45.4 Å². The maximum absolute atomic E-state index is 11.8. The minimum atomic E-state index is -2.70. The molecule has 2 fully saturated rings. The molecule has 2 amide bonds. The van der Waals surface area contributed by atoms with Crippen LogP contribution in [0.2, 0.25) is 0 Å². The quantitative estimate of drug-likeness (QED) is 0.198. The lowest BCUT2D eigenvalue weighted by Gasteiger charge is -2.19. The van der Waals surface area contributed by atoms with Crippen molar-refractivity contribution in [3.63, 3.8) is 0 Å². The third kappa shape index (κ3) is 23.5. The van der Waals surface area contributed by atoms with E-state index >= 15 is 0 Å². The fraction of sp³-hybridized carbons (Fsp3) is 0.759. The molecule has 0 bridgehead atoms. The standard InChI is InChI=1S/2C14H25N3O3.CH2O2/c2*1-17-11-13(19)20-10-8-6-4-2-3-5-7-9-12(18)16-14(17)15;2-1-3/h2*2-11H2,1H3,(H2,15,16,18);1H,(H,2,3)/i2*1D3;. The predicted molar refractivity (Wildman–Crippen MR) is 161 cm³/mol. The van der Waals surface area contributed by atoms with Crippen molar-refractivity contribution < 1.29 is 46.8 Å². The van der Waals surface area contributed by atoms with E-state index in [9.17, 15) is 19.2 Å². The molecule has 0 aromatic heterocycles. The Morgan fingerprint density at radius 3 is 1.28 bits per heavy atom. The smallest absolute Gasteiger partial charge is 0.325 e. The largest absolute Gasteiger partial charge is 0.483 e. The van der Waals surface area contributed by atoms with Crippen molar-refractivity contribution in [1.82, 2.24) is 20.4 Å². The first-order valence-corrected chi connectivity index (χ1v) is 14.7. The Balaban J connectivity index is 0.000000870. The number of guanidine groups is 2. The number of carbonyl (C=O) groups excluding carboxylic acids is 4. The molecule has 14 heteroatoms. The van der Waals surface area contributed by atoms with E-state index in [0.29, 0.717) is 22.6 Å². The average Bonchev–Trinajstić information content (AvgIpc) is 2.99. The molecule has 0 aromatic rings. The molecule has 0 spiro atoms. The second-order valence-corrected chi connectivity index (χ2v) is 9.96. The van der Waals surface area contributed by atoms with Crippen LogP contribution in [0.3, 0.4) is 0 Å². The zero-order valence-electron chi connectivity index (χ0n) is 30.9. The molecule has 5 N–H and O–H groups in total. The van der Waals surface area contributed by atoms with Crippen LogP contribution in [-0.2, 0) is 33.4 Å². The van der Waals surface area contributed by atoms with Crippen LogP contribution in [0.25, 0.3) is 0 Å². The van der Waals surface area contributed by atoms with Crippen LogP contribution in [0.1, 0.15) is 111 Å². The Kier molecular flexibility index (Phi) is 17.7. The Morgan fingerprint density at radius 2 is 0.953 bits per heavy atom. The molecular formula is C29H52N6O8. The van der Waals surface area contributed by atoms with Gasteiger partial charge in [0.05, 0.1) is 13.2 Å². The molecule has 246 valence electrons. The van der Waals surface area contributed by atoms with Gasteiger partial charge in [0.1, 0.15) is 13.1 Å². The SMILES string of the molecule is O=CO.[2H]C([2H])([2H])N1CC(=O)OCCCCCCCCCC(=O)NC1=N.[2H]C([2H])([2H])N1CC(=O)OCCCCCCCCCC(=O)NC1=N. The fourth-order valence-electron chi connectivity index (χ4n) is 3.95. The molecule has 0 radical (unpaired) electrons. The predicted octanol–water partition coefficient (Wildman–Crippen LogP) is 2.99. The van der Waals surface area contributed by atoms with Gasteiger partial charge in [-0.15, -0.1) is 0 Å². The van der Waals surface area contributed by atoms with E-state index in [1.165, 1.54) is 0 Å². The molecule has 0 unspecified atom stereocenters. The second kappa shape index (κ2) is 26.0. The van der Waals surface area contributed by atoms with Crippen molar-refractivity contribution >= 4 is 42.1 Å². The summed E-state index contributed by atoms with van der Waals surface area (Å²) < 4.78 is 54.4. The Bertz CT molecular complexity index is 983. The molecular weight excluding hydrogens is 560 g/mol. The monoisotopic (exact) mass is 618 g/mol. The number of nitrogens with zero attached hydrogens (tertiary/aromatic N) is 2. The fourth-order valence-corrected chi connectivity index (χ4v) is 3.95. The molecule has 43 heavy (non-hydrogen) atoms. The Morgan fingerprint density at radius 1 is 0.651 bits per heavy atom. The summed E-state index contributed by atoms with van der Waals surface area (Å²) in [6.07, 6.45) is 13.5. The molecule has 2 aliphatic heterocycles. The first-order chi connectivity index (χ1) is 23.0. The topological polar surface area (TPSA) is 202 Å².